The SMILES string of the molecule is CCCn1nc(C)c(C(=O)Nc2ccc(-c3n[nH]c(CN)n3)cc2)c1C.Cl. The van der Waals surface area contributed by atoms with E-state index >= 15 is 0 Å². The Kier molecular flexibility index (Phi) is 6.70. The Hall–Kier alpha value is -2.71. The van der Waals surface area contributed by atoms with Crippen molar-refractivity contribution in [2.24, 2.45) is 5.73 Å². The van der Waals surface area contributed by atoms with Gasteiger partial charge in [0, 0.05) is 23.5 Å². The van der Waals surface area contributed by atoms with E-state index in [-0.39, 0.29) is 18.3 Å². The van der Waals surface area contributed by atoms with Crippen LogP contribution in [0, 0.1) is 13.8 Å². The van der Waals surface area contributed by atoms with Crippen molar-refractivity contribution in [3.05, 3.63) is 47.0 Å². The summed E-state index contributed by atoms with van der Waals surface area (Å²) in [7, 11) is 0. The molecule has 0 bridgehead atoms. The summed E-state index contributed by atoms with van der Waals surface area (Å²) in [6.45, 7) is 6.98. The fourth-order valence-electron chi connectivity index (χ4n) is 2.87. The number of halogens is 1. The molecule has 0 saturated carbocycles. The summed E-state index contributed by atoms with van der Waals surface area (Å²) in [4.78, 5) is 17.0. The number of aromatic amines is 1. The normalized spacial score (nSPS) is 10.5. The number of H-pyrrole nitrogens is 1. The monoisotopic (exact) mass is 389 g/mol. The Morgan fingerprint density at radius 2 is 1.96 bits per heavy atom. The van der Waals surface area contributed by atoms with E-state index in [9.17, 15) is 4.79 Å². The second-order valence-corrected chi connectivity index (χ2v) is 6.11. The maximum absolute atomic E-state index is 12.7. The molecule has 0 atom stereocenters. The minimum absolute atomic E-state index is 0. The van der Waals surface area contributed by atoms with Crippen molar-refractivity contribution in [1.29, 1.82) is 0 Å². The molecule has 0 saturated heterocycles. The van der Waals surface area contributed by atoms with Crippen LogP contribution < -0.4 is 11.1 Å². The van der Waals surface area contributed by atoms with E-state index in [1.54, 1.807) is 0 Å². The summed E-state index contributed by atoms with van der Waals surface area (Å²) in [6.07, 6.45) is 0.970. The fraction of sp³-hybridized carbons (Fsp3) is 0.333. The molecule has 3 rings (SSSR count). The van der Waals surface area contributed by atoms with Gasteiger partial charge in [-0.3, -0.25) is 14.6 Å². The highest BCUT2D eigenvalue weighted by Gasteiger charge is 2.18. The molecule has 0 aliphatic heterocycles. The first-order valence-electron chi connectivity index (χ1n) is 8.60. The highest BCUT2D eigenvalue weighted by atomic mass is 35.5. The van der Waals surface area contributed by atoms with Gasteiger partial charge in [-0.2, -0.15) is 10.2 Å². The summed E-state index contributed by atoms with van der Waals surface area (Å²) in [5.74, 6) is 1.06. The second-order valence-electron chi connectivity index (χ2n) is 6.11. The van der Waals surface area contributed by atoms with Crippen molar-refractivity contribution in [2.75, 3.05) is 5.32 Å². The van der Waals surface area contributed by atoms with Crippen molar-refractivity contribution in [3.8, 4) is 11.4 Å². The number of anilines is 1. The van der Waals surface area contributed by atoms with Gasteiger partial charge < -0.3 is 11.1 Å². The van der Waals surface area contributed by atoms with E-state index in [1.807, 2.05) is 42.8 Å². The molecule has 3 aromatic rings. The number of aromatic nitrogens is 5. The molecule has 1 amide bonds. The van der Waals surface area contributed by atoms with Gasteiger partial charge in [-0.15, -0.1) is 12.4 Å². The van der Waals surface area contributed by atoms with Crippen molar-refractivity contribution in [2.45, 2.75) is 40.3 Å². The first kappa shape index (κ1) is 20.6. The third-order valence-electron chi connectivity index (χ3n) is 4.17. The Bertz CT molecular complexity index is 914. The van der Waals surface area contributed by atoms with E-state index in [0.717, 1.165) is 29.9 Å². The van der Waals surface area contributed by atoms with Crippen LogP contribution in [0.25, 0.3) is 11.4 Å². The molecule has 2 heterocycles. The van der Waals surface area contributed by atoms with Crippen LogP contribution in [0.4, 0.5) is 5.69 Å². The molecule has 144 valence electrons. The molecule has 8 nitrogen and oxygen atoms in total. The zero-order chi connectivity index (χ0) is 18.7. The maximum atomic E-state index is 12.7. The molecular weight excluding hydrogens is 366 g/mol. The van der Waals surface area contributed by atoms with E-state index in [0.29, 0.717) is 29.4 Å². The number of hydrogen-bond donors (Lipinski definition) is 3. The molecule has 2 aromatic heterocycles. The molecule has 27 heavy (non-hydrogen) atoms. The quantitative estimate of drug-likeness (QED) is 0.599. The number of carbonyl (C=O) groups is 1. The number of amides is 1. The molecule has 0 aliphatic carbocycles. The molecule has 9 heteroatoms. The number of nitrogens with zero attached hydrogens (tertiary/aromatic N) is 4. The first-order valence-corrected chi connectivity index (χ1v) is 8.60. The summed E-state index contributed by atoms with van der Waals surface area (Å²) >= 11 is 0. The zero-order valence-electron chi connectivity index (χ0n) is 15.6. The fourth-order valence-corrected chi connectivity index (χ4v) is 2.87. The van der Waals surface area contributed by atoms with Crippen molar-refractivity contribution < 1.29 is 4.79 Å². The van der Waals surface area contributed by atoms with Crippen molar-refractivity contribution in [3.63, 3.8) is 0 Å². The molecule has 4 N–H and O–H groups in total. The van der Waals surface area contributed by atoms with Gasteiger partial charge in [0.15, 0.2) is 5.82 Å². The van der Waals surface area contributed by atoms with E-state index in [2.05, 4.69) is 32.5 Å². The van der Waals surface area contributed by atoms with Gasteiger partial charge in [0.2, 0.25) is 0 Å². The van der Waals surface area contributed by atoms with Crippen LogP contribution in [0.2, 0.25) is 0 Å². The lowest BCUT2D eigenvalue weighted by atomic mass is 10.1. The lowest BCUT2D eigenvalue weighted by Gasteiger charge is -2.07. The van der Waals surface area contributed by atoms with Gasteiger partial charge in [0.25, 0.3) is 5.91 Å². The van der Waals surface area contributed by atoms with Gasteiger partial charge in [-0.1, -0.05) is 6.92 Å². The Morgan fingerprint density at radius 1 is 1.26 bits per heavy atom. The zero-order valence-corrected chi connectivity index (χ0v) is 16.4. The first-order chi connectivity index (χ1) is 12.5. The average Bonchev–Trinajstić information content (AvgIpc) is 3.21. The second kappa shape index (κ2) is 8.79. The van der Waals surface area contributed by atoms with Gasteiger partial charge in [0.1, 0.15) is 5.82 Å². The molecule has 0 spiro atoms. The molecular formula is C18H24ClN7O. The van der Waals surface area contributed by atoms with E-state index in [4.69, 9.17) is 5.73 Å². The van der Waals surface area contributed by atoms with Gasteiger partial charge in [0.05, 0.1) is 17.8 Å². The molecule has 1 aromatic carbocycles. The number of nitrogens with one attached hydrogen (secondary N) is 2. The van der Waals surface area contributed by atoms with E-state index in [1.165, 1.54) is 0 Å². The molecule has 0 aliphatic rings. The number of rotatable bonds is 6. The number of aryl methyl sites for hydroxylation is 2. The summed E-state index contributed by atoms with van der Waals surface area (Å²) in [6, 6.07) is 7.37. The largest absolute Gasteiger partial charge is 0.324 e. The minimum atomic E-state index is -0.154. The predicted molar refractivity (Wildman–Crippen MR) is 107 cm³/mol. The van der Waals surface area contributed by atoms with Crippen molar-refractivity contribution in [1.82, 2.24) is 25.0 Å². The Labute approximate surface area is 164 Å². The van der Waals surface area contributed by atoms with Crippen LogP contribution in [0.1, 0.15) is 40.9 Å². The standard InChI is InChI=1S/C18H23N7O.ClH/c1-4-9-25-12(3)16(11(2)24-25)18(26)20-14-7-5-13(6-8-14)17-21-15(10-19)22-23-17;/h5-8H,4,9-10,19H2,1-3H3,(H,20,26)(H,21,22,23);1H. The van der Waals surface area contributed by atoms with Gasteiger partial charge >= 0.3 is 0 Å². The van der Waals surface area contributed by atoms with Crippen LogP contribution in [-0.4, -0.2) is 30.9 Å². The molecule has 0 radical (unpaired) electrons. The van der Waals surface area contributed by atoms with Crippen LogP contribution in [0.3, 0.4) is 0 Å². The summed E-state index contributed by atoms with van der Waals surface area (Å²) in [5, 5.41) is 14.3. The van der Waals surface area contributed by atoms with E-state index < -0.39 is 0 Å². The number of benzene rings is 1. The van der Waals surface area contributed by atoms with Gasteiger partial charge in [-0.05, 0) is 44.5 Å². The third kappa shape index (κ3) is 4.35. The third-order valence-corrected chi connectivity index (χ3v) is 4.17. The molecule has 0 fully saturated rings. The Balaban J connectivity index is 0.00000261. The minimum Gasteiger partial charge on any atom is -0.324 e. The van der Waals surface area contributed by atoms with Gasteiger partial charge in [-0.25, -0.2) is 4.98 Å². The van der Waals surface area contributed by atoms with Crippen LogP contribution in [0.5, 0.6) is 0 Å². The number of nitrogens with two attached hydrogens (primary N) is 1. The maximum Gasteiger partial charge on any atom is 0.259 e. The molecule has 0 unspecified atom stereocenters. The highest BCUT2D eigenvalue weighted by molar-refractivity contribution is 6.05. The lowest BCUT2D eigenvalue weighted by Crippen LogP contribution is -2.14. The lowest BCUT2D eigenvalue weighted by molar-refractivity contribution is 0.102. The van der Waals surface area contributed by atoms with Crippen LogP contribution in [-0.2, 0) is 13.1 Å². The smallest absolute Gasteiger partial charge is 0.259 e. The Morgan fingerprint density at radius 3 is 2.56 bits per heavy atom. The number of hydrogen-bond acceptors (Lipinski definition) is 5. The van der Waals surface area contributed by atoms with Crippen LogP contribution >= 0.6 is 12.4 Å². The van der Waals surface area contributed by atoms with Crippen molar-refractivity contribution >= 4 is 24.0 Å². The highest BCUT2D eigenvalue weighted by Crippen LogP contribution is 2.20. The summed E-state index contributed by atoms with van der Waals surface area (Å²) in [5.41, 5.74) is 9.33. The average molecular weight is 390 g/mol. The topological polar surface area (TPSA) is 115 Å². The summed E-state index contributed by atoms with van der Waals surface area (Å²) < 4.78 is 1.88. The number of carbonyl (C=O) groups excluding carboxylic acids is 1. The predicted octanol–water partition coefficient (Wildman–Crippen LogP) is 2.83. The van der Waals surface area contributed by atoms with Crippen LogP contribution in [0.15, 0.2) is 24.3 Å².